The highest BCUT2D eigenvalue weighted by atomic mass is 16.5. The lowest BCUT2D eigenvalue weighted by Gasteiger charge is -2.24. The average molecular weight is 391 g/mol. The van der Waals surface area contributed by atoms with Crippen molar-refractivity contribution in [2.75, 3.05) is 73.9 Å². The number of aliphatic hydroxyl groups is 1. The van der Waals surface area contributed by atoms with Gasteiger partial charge < -0.3 is 34.9 Å². The molecule has 1 unspecified atom stereocenters. The van der Waals surface area contributed by atoms with Crippen LogP contribution in [0.4, 0.5) is 0 Å². The molecule has 10 nitrogen and oxygen atoms in total. The molecule has 3 amide bonds. The van der Waals surface area contributed by atoms with Gasteiger partial charge in [-0.1, -0.05) is 0 Å². The highest BCUT2D eigenvalue weighted by Crippen LogP contribution is 2.12. The first-order chi connectivity index (χ1) is 13.0. The Labute approximate surface area is 160 Å². The second-order valence-electron chi connectivity index (χ2n) is 5.83. The molecule has 0 aromatic rings. The van der Waals surface area contributed by atoms with Crippen molar-refractivity contribution in [2.24, 2.45) is 5.92 Å². The van der Waals surface area contributed by atoms with Crippen LogP contribution in [0.2, 0.25) is 0 Å². The van der Waals surface area contributed by atoms with Crippen molar-refractivity contribution in [1.29, 1.82) is 0 Å². The Morgan fingerprint density at radius 1 is 0.889 bits per heavy atom. The topological polar surface area (TPSA) is 126 Å². The van der Waals surface area contributed by atoms with E-state index < -0.39 is 11.8 Å². The SMILES string of the molecule is COCCNC(=O)CC(CC(=O)N(CCOC)CCOC)C(=O)NCCO. The Balaban J connectivity index is 4.92. The molecule has 0 aliphatic rings. The van der Waals surface area contributed by atoms with Gasteiger partial charge in [0.2, 0.25) is 17.7 Å². The van der Waals surface area contributed by atoms with Crippen LogP contribution in [0.1, 0.15) is 12.8 Å². The van der Waals surface area contributed by atoms with Gasteiger partial charge in [-0.15, -0.1) is 0 Å². The van der Waals surface area contributed by atoms with E-state index in [4.69, 9.17) is 19.3 Å². The minimum Gasteiger partial charge on any atom is -0.395 e. The first-order valence-corrected chi connectivity index (χ1v) is 8.89. The van der Waals surface area contributed by atoms with E-state index in [1.54, 1.807) is 4.90 Å². The summed E-state index contributed by atoms with van der Waals surface area (Å²) in [6, 6.07) is 0. The van der Waals surface area contributed by atoms with Gasteiger partial charge in [-0.2, -0.15) is 0 Å². The summed E-state index contributed by atoms with van der Waals surface area (Å²) in [4.78, 5) is 38.5. The Bertz CT molecular complexity index is 427. The molecule has 0 aliphatic carbocycles. The third-order valence-corrected chi connectivity index (χ3v) is 3.75. The number of ether oxygens (including phenoxy) is 3. The minimum absolute atomic E-state index is 0.0614. The highest BCUT2D eigenvalue weighted by Gasteiger charge is 2.27. The van der Waals surface area contributed by atoms with Crippen LogP contribution in [0.25, 0.3) is 0 Å². The summed E-state index contributed by atoms with van der Waals surface area (Å²) >= 11 is 0. The predicted octanol–water partition coefficient (Wildman–Crippen LogP) is -1.62. The second-order valence-corrected chi connectivity index (χ2v) is 5.83. The van der Waals surface area contributed by atoms with Crippen molar-refractivity contribution in [3.8, 4) is 0 Å². The second kappa shape index (κ2) is 16.4. The average Bonchev–Trinajstić information content (AvgIpc) is 2.65. The van der Waals surface area contributed by atoms with Crippen LogP contribution in [0.15, 0.2) is 0 Å². The molecule has 0 saturated heterocycles. The maximum atomic E-state index is 12.6. The summed E-state index contributed by atoms with van der Waals surface area (Å²) in [5, 5.41) is 14.0. The van der Waals surface area contributed by atoms with Crippen molar-refractivity contribution in [2.45, 2.75) is 12.8 Å². The van der Waals surface area contributed by atoms with Gasteiger partial charge in [0, 0.05) is 60.4 Å². The highest BCUT2D eigenvalue weighted by molar-refractivity contribution is 5.90. The third-order valence-electron chi connectivity index (χ3n) is 3.75. The van der Waals surface area contributed by atoms with E-state index in [0.29, 0.717) is 39.5 Å². The smallest absolute Gasteiger partial charge is 0.224 e. The molecule has 27 heavy (non-hydrogen) atoms. The summed E-state index contributed by atoms with van der Waals surface area (Å²) < 4.78 is 14.9. The number of carbonyl (C=O) groups is 3. The van der Waals surface area contributed by atoms with Crippen molar-refractivity contribution >= 4 is 17.7 Å². The Hall–Kier alpha value is -1.75. The molecule has 0 radical (unpaired) electrons. The summed E-state index contributed by atoms with van der Waals surface area (Å²) in [6.07, 6.45) is -0.252. The molecule has 10 heteroatoms. The summed E-state index contributed by atoms with van der Waals surface area (Å²) in [5.41, 5.74) is 0. The lowest BCUT2D eigenvalue weighted by molar-refractivity contribution is -0.138. The molecule has 0 saturated carbocycles. The molecule has 0 aromatic heterocycles. The fourth-order valence-corrected chi connectivity index (χ4v) is 2.27. The minimum atomic E-state index is -0.834. The zero-order valence-electron chi connectivity index (χ0n) is 16.5. The number of nitrogens with zero attached hydrogens (tertiary/aromatic N) is 1. The van der Waals surface area contributed by atoms with Crippen molar-refractivity contribution in [3.63, 3.8) is 0 Å². The molecule has 3 N–H and O–H groups in total. The van der Waals surface area contributed by atoms with E-state index in [1.165, 1.54) is 21.3 Å². The third kappa shape index (κ3) is 12.3. The molecular weight excluding hydrogens is 358 g/mol. The van der Waals surface area contributed by atoms with Crippen molar-refractivity contribution in [3.05, 3.63) is 0 Å². The summed E-state index contributed by atoms with van der Waals surface area (Å²) in [6.45, 7) is 1.96. The monoisotopic (exact) mass is 391 g/mol. The molecule has 158 valence electrons. The maximum Gasteiger partial charge on any atom is 0.224 e. The van der Waals surface area contributed by atoms with Gasteiger partial charge in [-0.3, -0.25) is 14.4 Å². The predicted molar refractivity (Wildman–Crippen MR) is 98.0 cm³/mol. The number of amides is 3. The van der Waals surface area contributed by atoms with E-state index in [9.17, 15) is 14.4 Å². The van der Waals surface area contributed by atoms with E-state index >= 15 is 0 Å². The lowest BCUT2D eigenvalue weighted by Crippen LogP contribution is -2.42. The number of hydrogen-bond acceptors (Lipinski definition) is 7. The van der Waals surface area contributed by atoms with Gasteiger partial charge in [-0.25, -0.2) is 0 Å². The van der Waals surface area contributed by atoms with Crippen LogP contribution in [0.5, 0.6) is 0 Å². The molecule has 0 spiro atoms. The largest absolute Gasteiger partial charge is 0.395 e. The number of hydrogen-bond donors (Lipinski definition) is 3. The van der Waals surface area contributed by atoms with E-state index in [2.05, 4.69) is 10.6 Å². The van der Waals surface area contributed by atoms with Gasteiger partial charge >= 0.3 is 0 Å². The summed E-state index contributed by atoms with van der Waals surface area (Å²) in [7, 11) is 4.59. The molecule has 0 fully saturated rings. The van der Waals surface area contributed by atoms with Crippen LogP contribution in [-0.4, -0.2) is 102 Å². The first-order valence-electron chi connectivity index (χ1n) is 8.89. The Morgan fingerprint density at radius 2 is 1.48 bits per heavy atom. The molecule has 0 rings (SSSR count). The lowest BCUT2D eigenvalue weighted by atomic mass is 9.98. The normalized spacial score (nSPS) is 11.7. The fourth-order valence-electron chi connectivity index (χ4n) is 2.27. The van der Waals surface area contributed by atoms with Crippen molar-refractivity contribution in [1.82, 2.24) is 15.5 Å². The molecule has 0 heterocycles. The molecule has 0 aliphatic heterocycles. The Kier molecular flexibility index (Phi) is 15.4. The van der Waals surface area contributed by atoms with Gasteiger partial charge in [0.05, 0.1) is 32.3 Å². The number of nitrogens with one attached hydrogen (secondary N) is 2. The number of methoxy groups -OCH3 is 3. The van der Waals surface area contributed by atoms with Crippen LogP contribution < -0.4 is 10.6 Å². The molecule has 1 atom stereocenters. The van der Waals surface area contributed by atoms with Gasteiger partial charge in [0.25, 0.3) is 0 Å². The van der Waals surface area contributed by atoms with Crippen LogP contribution in [0.3, 0.4) is 0 Å². The van der Waals surface area contributed by atoms with Crippen molar-refractivity contribution < 1.29 is 33.7 Å². The standard InChI is InChI=1S/C17H33N3O7/c1-25-9-5-18-15(22)12-14(17(24)19-4-8-21)13-16(23)20(6-10-26-2)7-11-27-3/h14,21H,4-13H2,1-3H3,(H,18,22)(H,19,24). The number of rotatable bonds is 16. The number of aliphatic hydroxyl groups excluding tert-OH is 1. The van der Waals surface area contributed by atoms with E-state index in [-0.39, 0.29) is 37.8 Å². The van der Waals surface area contributed by atoms with Crippen LogP contribution in [-0.2, 0) is 28.6 Å². The van der Waals surface area contributed by atoms with E-state index in [1.807, 2.05) is 0 Å². The van der Waals surface area contributed by atoms with Crippen LogP contribution >= 0.6 is 0 Å². The van der Waals surface area contributed by atoms with Gasteiger partial charge in [0.1, 0.15) is 0 Å². The summed E-state index contributed by atoms with van der Waals surface area (Å²) in [5.74, 6) is -1.89. The zero-order chi connectivity index (χ0) is 20.5. The first kappa shape index (κ1) is 25.2. The maximum absolute atomic E-state index is 12.6. The number of carbonyl (C=O) groups excluding carboxylic acids is 3. The quantitative estimate of drug-likeness (QED) is 0.270. The molecule has 0 bridgehead atoms. The van der Waals surface area contributed by atoms with Crippen LogP contribution in [0, 0.1) is 5.92 Å². The van der Waals surface area contributed by atoms with E-state index in [0.717, 1.165) is 0 Å². The fraction of sp³-hybridized carbons (Fsp3) is 0.824. The van der Waals surface area contributed by atoms with Gasteiger partial charge in [0.15, 0.2) is 0 Å². The van der Waals surface area contributed by atoms with Gasteiger partial charge in [-0.05, 0) is 0 Å². The zero-order valence-corrected chi connectivity index (χ0v) is 16.5. The Morgan fingerprint density at radius 3 is 2.00 bits per heavy atom. The molecular formula is C17H33N3O7. The molecule has 0 aromatic carbocycles.